The lowest BCUT2D eigenvalue weighted by Gasteiger charge is -2.34. The summed E-state index contributed by atoms with van der Waals surface area (Å²) in [7, 11) is 1.48. The van der Waals surface area contributed by atoms with E-state index in [4.69, 9.17) is 15.5 Å². The van der Waals surface area contributed by atoms with Gasteiger partial charge in [0.2, 0.25) is 11.8 Å². The molecule has 2 aromatic heterocycles. The zero-order valence-corrected chi connectivity index (χ0v) is 19.0. The van der Waals surface area contributed by atoms with Crippen LogP contribution >= 0.6 is 11.8 Å². The number of carbonyl (C=O) groups is 1. The molecule has 2 aliphatic heterocycles. The Balaban J connectivity index is 1.44. The second-order valence-electron chi connectivity index (χ2n) is 7.94. The molecule has 0 saturated carbocycles. The molecule has 3 aromatic rings. The van der Waals surface area contributed by atoms with Crippen LogP contribution in [0.4, 0.5) is 16.0 Å². The molecule has 10 nitrogen and oxygen atoms in total. The molecule has 34 heavy (non-hydrogen) atoms. The van der Waals surface area contributed by atoms with Crippen LogP contribution in [0.25, 0.3) is 0 Å². The monoisotopic (exact) mass is 480 g/mol. The number of aliphatic imine (C=N–C) groups is 1. The molecule has 4 heterocycles. The van der Waals surface area contributed by atoms with Crippen molar-refractivity contribution in [3.63, 3.8) is 0 Å². The van der Waals surface area contributed by atoms with Crippen LogP contribution in [0.15, 0.2) is 54.0 Å². The molecule has 2 atom stereocenters. The van der Waals surface area contributed by atoms with Crippen LogP contribution in [0.3, 0.4) is 0 Å². The Kier molecular flexibility index (Phi) is 5.74. The lowest BCUT2D eigenvalue weighted by molar-refractivity contribution is 0.102. The number of benzene rings is 1. The van der Waals surface area contributed by atoms with Crippen LogP contribution in [0.2, 0.25) is 0 Å². The summed E-state index contributed by atoms with van der Waals surface area (Å²) in [5, 5.41) is 3.37. The highest BCUT2D eigenvalue weighted by molar-refractivity contribution is 8.13. The van der Waals surface area contributed by atoms with Crippen molar-refractivity contribution in [2.75, 3.05) is 36.2 Å². The Bertz CT molecular complexity index is 1240. The van der Waals surface area contributed by atoms with E-state index in [1.807, 2.05) is 23.1 Å². The molecule has 0 bridgehead atoms. The van der Waals surface area contributed by atoms with E-state index >= 15 is 0 Å². The molecule has 2 unspecified atom stereocenters. The second-order valence-corrected chi connectivity index (χ2v) is 8.98. The number of halogens is 1. The fourth-order valence-electron chi connectivity index (χ4n) is 4.25. The number of nitrogens with zero attached hydrogens (tertiary/aromatic N) is 6. The number of amidine groups is 1. The number of amides is 1. The molecular formula is C22H21FN8O2S. The van der Waals surface area contributed by atoms with Crippen LogP contribution < -0.4 is 20.7 Å². The summed E-state index contributed by atoms with van der Waals surface area (Å²) in [6.45, 7) is 1.12. The van der Waals surface area contributed by atoms with E-state index < -0.39 is 17.3 Å². The number of anilines is 2. The maximum absolute atomic E-state index is 13.3. The van der Waals surface area contributed by atoms with Gasteiger partial charge in [-0.3, -0.25) is 4.79 Å². The third-order valence-electron chi connectivity index (χ3n) is 5.87. The molecule has 5 rings (SSSR count). The van der Waals surface area contributed by atoms with Gasteiger partial charge in [0.05, 0.1) is 38.4 Å². The standard InChI is InChI=1S/C22H21FN8O2S/c1-33-18-9-25-17(8-26-18)19(32)29-16-4-2-3-13(5-16)22-12-31(21-27-6-15(23)7-28-21)10-14(22)11-34-20(24)30-22/h2-9,14H,10-12H2,1H3,(H2,24,30)(H,29,32). The fraction of sp³-hybridized carbons (Fsp3) is 0.273. The van der Waals surface area contributed by atoms with Gasteiger partial charge in [0.15, 0.2) is 11.0 Å². The van der Waals surface area contributed by atoms with Crippen molar-refractivity contribution >= 4 is 34.5 Å². The number of thioether (sulfide) groups is 1. The first kappa shape index (κ1) is 22.0. The van der Waals surface area contributed by atoms with Gasteiger partial charge >= 0.3 is 0 Å². The second kappa shape index (κ2) is 8.86. The van der Waals surface area contributed by atoms with Gasteiger partial charge in [-0.05, 0) is 17.7 Å². The maximum atomic E-state index is 13.3. The van der Waals surface area contributed by atoms with Crippen LogP contribution in [0, 0.1) is 11.7 Å². The topological polar surface area (TPSA) is 132 Å². The Labute approximate surface area is 198 Å². The first-order valence-corrected chi connectivity index (χ1v) is 11.4. The SMILES string of the molecule is COc1cnc(C(=O)Nc2cccc(C34CN(c5ncc(F)cn5)CC3CSC(N)=N4)c2)cn1. The molecule has 174 valence electrons. The third kappa shape index (κ3) is 4.12. The van der Waals surface area contributed by atoms with E-state index in [0.29, 0.717) is 35.8 Å². The van der Waals surface area contributed by atoms with Crippen molar-refractivity contribution in [2.45, 2.75) is 5.54 Å². The molecule has 2 aliphatic rings. The predicted octanol–water partition coefficient (Wildman–Crippen LogP) is 2.06. The minimum atomic E-state index is -0.645. The molecule has 1 saturated heterocycles. The van der Waals surface area contributed by atoms with E-state index in [-0.39, 0.29) is 11.6 Å². The Morgan fingerprint density at radius 2 is 2.06 bits per heavy atom. The summed E-state index contributed by atoms with van der Waals surface area (Å²) in [5.74, 6) is 0.776. The molecule has 1 amide bonds. The summed E-state index contributed by atoms with van der Waals surface area (Å²) in [5.41, 5.74) is 7.18. The average molecular weight is 481 g/mol. The molecular weight excluding hydrogens is 459 g/mol. The number of aromatic nitrogens is 4. The van der Waals surface area contributed by atoms with Crippen molar-refractivity contribution < 1.29 is 13.9 Å². The van der Waals surface area contributed by atoms with E-state index in [1.165, 1.54) is 31.3 Å². The number of rotatable bonds is 5. The summed E-state index contributed by atoms with van der Waals surface area (Å²) >= 11 is 1.51. The van der Waals surface area contributed by atoms with E-state index in [1.54, 1.807) is 6.07 Å². The molecule has 0 spiro atoms. The quantitative estimate of drug-likeness (QED) is 0.563. The number of nitrogens with one attached hydrogen (secondary N) is 1. The number of hydrogen-bond donors (Lipinski definition) is 2. The number of nitrogens with two attached hydrogens (primary N) is 1. The van der Waals surface area contributed by atoms with Crippen molar-refractivity contribution in [3.05, 3.63) is 66.1 Å². The van der Waals surface area contributed by atoms with Crippen molar-refractivity contribution in [3.8, 4) is 5.88 Å². The molecule has 12 heteroatoms. The number of methoxy groups -OCH3 is 1. The predicted molar refractivity (Wildman–Crippen MR) is 126 cm³/mol. The van der Waals surface area contributed by atoms with Gasteiger partial charge in [-0.15, -0.1) is 0 Å². The molecule has 0 radical (unpaired) electrons. The smallest absolute Gasteiger partial charge is 0.275 e. The van der Waals surface area contributed by atoms with Crippen LogP contribution in [-0.2, 0) is 5.54 Å². The lowest BCUT2D eigenvalue weighted by atomic mass is 9.81. The molecule has 1 fully saturated rings. The van der Waals surface area contributed by atoms with Crippen molar-refractivity contribution in [1.29, 1.82) is 0 Å². The minimum Gasteiger partial charge on any atom is -0.480 e. The van der Waals surface area contributed by atoms with Crippen LogP contribution in [0.5, 0.6) is 5.88 Å². The highest BCUT2D eigenvalue weighted by Crippen LogP contribution is 2.46. The van der Waals surface area contributed by atoms with Crippen molar-refractivity contribution in [1.82, 2.24) is 19.9 Å². The van der Waals surface area contributed by atoms with Gasteiger partial charge in [0.25, 0.3) is 5.91 Å². The molecule has 3 N–H and O–H groups in total. The number of hydrogen-bond acceptors (Lipinski definition) is 10. The molecule has 0 aliphatic carbocycles. The average Bonchev–Trinajstić information content (AvgIpc) is 3.24. The zero-order valence-electron chi connectivity index (χ0n) is 18.2. The number of fused-ring (bicyclic) bond motifs is 1. The van der Waals surface area contributed by atoms with Gasteiger partial charge in [-0.2, -0.15) is 0 Å². The summed E-state index contributed by atoms with van der Waals surface area (Å²) in [4.78, 5) is 35.9. The Hall–Kier alpha value is -3.80. The highest BCUT2D eigenvalue weighted by atomic mass is 32.2. The largest absolute Gasteiger partial charge is 0.480 e. The number of ether oxygens (including phenoxy) is 1. The van der Waals surface area contributed by atoms with Gasteiger partial charge in [0.1, 0.15) is 11.2 Å². The van der Waals surface area contributed by atoms with Crippen LogP contribution in [-0.4, -0.2) is 57.0 Å². The van der Waals surface area contributed by atoms with Gasteiger partial charge < -0.3 is 20.7 Å². The Morgan fingerprint density at radius 3 is 2.79 bits per heavy atom. The first-order chi connectivity index (χ1) is 16.5. The summed E-state index contributed by atoms with van der Waals surface area (Å²) in [6, 6.07) is 7.52. The fourth-order valence-corrected chi connectivity index (χ4v) is 5.23. The van der Waals surface area contributed by atoms with E-state index in [9.17, 15) is 9.18 Å². The van der Waals surface area contributed by atoms with E-state index in [2.05, 4.69) is 25.3 Å². The first-order valence-electron chi connectivity index (χ1n) is 10.5. The van der Waals surface area contributed by atoms with Gasteiger partial charge in [0, 0.05) is 23.9 Å². The van der Waals surface area contributed by atoms with Gasteiger partial charge in [-0.1, -0.05) is 23.9 Å². The summed E-state index contributed by atoms with van der Waals surface area (Å²) in [6.07, 6.45) is 5.05. The summed E-state index contributed by atoms with van der Waals surface area (Å²) < 4.78 is 18.3. The Morgan fingerprint density at radius 1 is 1.24 bits per heavy atom. The maximum Gasteiger partial charge on any atom is 0.275 e. The molecule has 1 aromatic carbocycles. The van der Waals surface area contributed by atoms with E-state index in [0.717, 1.165) is 23.7 Å². The van der Waals surface area contributed by atoms with Crippen molar-refractivity contribution in [2.24, 2.45) is 16.6 Å². The number of carbonyl (C=O) groups excluding carboxylic acids is 1. The van der Waals surface area contributed by atoms with Gasteiger partial charge in [-0.25, -0.2) is 29.3 Å². The lowest BCUT2D eigenvalue weighted by Crippen LogP contribution is -2.40. The third-order valence-corrected chi connectivity index (χ3v) is 6.83. The normalized spacial score (nSPS) is 21.5. The zero-order chi connectivity index (χ0) is 23.7. The minimum absolute atomic E-state index is 0.122. The van der Waals surface area contributed by atoms with Crippen LogP contribution in [0.1, 0.15) is 16.1 Å². The highest BCUT2D eigenvalue weighted by Gasteiger charge is 2.50.